The summed E-state index contributed by atoms with van der Waals surface area (Å²) >= 11 is 0. The normalized spacial score (nSPS) is 13.5. The summed E-state index contributed by atoms with van der Waals surface area (Å²) in [4.78, 5) is 5.21. The number of para-hydroxylation sites is 2. The predicted octanol–water partition coefficient (Wildman–Crippen LogP) is 7.94. The lowest BCUT2D eigenvalue weighted by Gasteiger charge is -2.15. The maximum Gasteiger partial charge on any atom is 0.146 e. The minimum atomic E-state index is 0.965. The second-order valence-corrected chi connectivity index (χ2v) is 9.97. The average Bonchev–Trinajstić information content (AvgIpc) is 3.58. The fourth-order valence-corrected chi connectivity index (χ4v) is 6.69. The van der Waals surface area contributed by atoms with Crippen LogP contribution in [-0.2, 0) is 12.8 Å². The molecule has 0 unspecified atom stereocenters. The Bertz CT molecular complexity index is 2060. The van der Waals surface area contributed by atoms with Gasteiger partial charge in [-0.05, 0) is 80.6 Å². The van der Waals surface area contributed by atoms with Crippen molar-refractivity contribution in [2.24, 2.45) is 0 Å². The molecule has 2 nitrogen and oxygen atoms in total. The molecule has 0 saturated heterocycles. The SMILES string of the molecule is c1ccc2c(c1)Cc1cc3c(cc1-2)c1nc2ccccc2n1c1c2c(ccc31)-c1ccccc1C2. The Hall–Kier alpha value is -4.43. The Kier molecular flexibility index (Phi) is 3.16. The quantitative estimate of drug-likeness (QED) is 0.217. The van der Waals surface area contributed by atoms with Crippen LogP contribution in [0.25, 0.3) is 60.6 Å². The van der Waals surface area contributed by atoms with E-state index in [2.05, 4.69) is 101 Å². The Morgan fingerprint density at radius 2 is 1.29 bits per heavy atom. The Labute approximate surface area is 202 Å². The van der Waals surface area contributed by atoms with Crippen molar-refractivity contribution in [3.05, 3.63) is 119 Å². The van der Waals surface area contributed by atoms with Gasteiger partial charge in [-0.15, -0.1) is 0 Å². The van der Waals surface area contributed by atoms with Gasteiger partial charge in [0.15, 0.2) is 0 Å². The molecule has 35 heavy (non-hydrogen) atoms. The van der Waals surface area contributed by atoms with E-state index in [1.54, 1.807) is 0 Å². The van der Waals surface area contributed by atoms with Crippen LogP contribution in [-0.4, -0.2) is 9.38 Å². The molecule has 7 aromatic rings. The Balaban J connectivity index is 1.51. The van der Waals surface area contributed by atoms with Crippen molar-refractivity contribution in [1.82, 2.24) is 9.38 Å². The van der Waals surface area contributed by atoms with Gasteiger partial charge in [0.25, 0.3) is 0 Å². The van der Waals surface area contributed by atoms with Crippen molar-refractivity contribution in [3.63, 3.8) is 0 Å². The molecule has 0 aliphatic heterocycles. The molecule has 2 aliphatic rings. The standard InChI is InChI=1S/C33H20N2/c1-4-10-23-19(7-1)15-21-17-27-25-14-13-24-22-9-3-2-8-20(22)16-28(24)32(25)35-31-12-6-5-11-30(31)34-33(35)29(27)18-26(21)23/h1-14,17-18H,15-16H2. The van der Waals surface area contributed by atoms with Gasteiger partial charge in [0.2, 0.25) is 0 Å². The van der Waals surface area contributed by atoms with Crippen molar-refractivity contribution < 1.29 is 0 Å². The summed E-state index contributed by atoms with van der Waals surface area (Å²) in [6.45, 7) is 0. The summed E-state index contributed by atoms with van der Waals surface area (Å²) in [5.41, 5.74) is 15.7. The molecule has 5 aromatic carbocycles. The molecular weight excluding hydrogens is 424 g/mol. The second kappa shape index (κ2) is 6.17. The highest BCUT2D eigenvalue weighted by Gasteiger charge is 2.26. The molecule has 0 saturated carbocycles. The van der Waals surface area contributed by atoms with E-state index in [1.165, 1.54) is 71.7 Å². The zero-order valence-electron chi connectivity index (χ0n) is 19.0. The minimum Gasteiger partial charge on any atom is -0.291 e. The van der Waals surface area contributed by atoms with Crippen LogP contribution in [0.5, 0.6) is 0 Å². The third-order valence-electron chi connectivity index (χ3n) is 8.20. The first-order valence-electron chi connectivity index (χ1n) is 12.3. The number of nitrogens with zero attached hydrogens (tertiary/aromatic N) is 2. The van der Waals surface area contributed by atoms with Crippen molar-refractivity contribution in [3.8, 4) is 22.3 Å². The molecular formula is C33H20N2. The van der Waals surface area contributed by atoms with E-state index in [0.717, 1.165) is 24.0 Å². The number of hydrogen-bond donors (Lipinski definition) is 0. The van der Waals surface area contributed by atoms with Crippen molar-refractivity contribution >= 4 is 38.4 Å². The predicted molar refractivity (Wildman–Crippen MR) is 144 cm³/mol. The highest BCUT2D eigenvalue weighted by atomic mass is 15.0. The molecule has 2 aromatic heterocycles. The number of aromatic nitrogens is 2. The van der Waals surface area contributed by atoms with Crippen LogP contribution >= 0.6 is 0 Å². The van der Waals surface area contributed by atoms with Crippen LogP contribution in [0.15, 0.2) is 97.1 Å². The third-order valence-corrected chi connectivity index (χ3v) is 8.20. The van der Waals surface area contributed by atoms with Crippen LogP contribution in [0, 0.1) is 0 Å². The first-order valence-corrected chi connectivity index (χ1v) is 12.3. The summed E-state index contributed by atoms with van der Waals surface area (Å²) in [5, 5.41) is 3.87. The van der Waals surface area contributed by atoms with Crippen molar-refractivity contribution in [2.75, 3.05) is 0 Å². The van der Waals surface area contributed by atoms with E-state index < -0.39 is 0 Å². The number of pyridine rings is 1. The maximum absolute atomic E-state index is 5.21. The zero-order valence-corrected chi connectivity index (χ0v) is 19.0. The first-order chi connectivity index (χ1) is 17.3. The molecule has 0 radical (unpaired) electrons. The number of hydrogen-bond acceptors (Lipinski definition) is 1. The molecule has 0 N–H and O–H groups in total. The van der Waals surface area contributed by atoms with Crippen LogP contribution in [0.3, 0.4) is 0 Å². The van der Waals surface area contributed by atoms with Gasteiger partial charge in [-0.1, -0.05) is 72.8 Å². The highest BCUT2D eigenvalue weighted by Crippen LogP contribution is 2.46. The van der Waals surface area contributed by atoms with Gasteiger partial charge >= 0.3 is 0 Å². The van der Waals surface area contributed by atoms with Gasteiger partial charge in [0, 0.05) is 17.2 Å². The fraction of sp³-hybridized carbons (Fsp3) is 0.0606. The van der Waals surface area contributed by atoms with E-state index in [4.69, 9.17) is 4.98 Å². The molecule has 2 aliphatic carbocycles. The lowest BCUT2D eigenvalue weighted by molar-refractivity contribution is 1.23. The molecule has 162 valence electrons. The van der Waals surface area contributed by atoms with Gasteiger partial charge in [-0.3, -0.25) is 4.40 Å². The topological polar surface area (TPSA) is 17.3 Å². The van der Waals surface area contributed by atoms with Crippen molar-refractivity contribution in [2.45, 2.75) is 12.8 Å². The van der Waals surface area contributed by atoms with Crippen LogP contribution in [0.2, 0.25) is 0 Å². The summed E-state index contributed by atoms with van der Waals surface area (Å²) in [5.74, 6) is 0. The zero-order chi connectivity index (χ0) is 22.7. The fourth-order valence-electron chi connectivity index (χ4n) is 6.69. The summed E-state index contributed by atoms with van der Waals surface area (Å²) in [7, 11) is 0. The van der Waals surface area contributed by atoms with Gasteiger partial charge in [-0.25, -0.2) is 4.98 Å². The highest BCUT2D eigenvalue weighted by molar-refractivity contribution is 6.17. The minimum absolute atomic E-state index is 0.965. The number of benzene rings is 5. The summed E-state index contributed by atoms with van der Waals surface area (Å²) < 4.78 is 2.44. The lowest BCUT2D eigenvalue weighted by Crippen LogP contribution is -1.97. The van der Waals surface area contributed by atoms with Gasteiger partial charge in [-0.2, -0.15) is 0 Å². The van der Waals surface area contributed by atoms with E-state index in [9.17, 15) is 0 Å². The van der Waals surface area contributed by atoms with Crippen LogP contribution < -0.4 is 0 Å². The Morgan fingerprint density at radius 3 is 2.17 bits per heavy atom. The van der Waals surface area contributed by atoms with E-state index in [0.29, 0.717) is 0 Å². The summed E-state index contributed by atoms with van der Waals surface area (Å²) in [6.07, 6.45) is 1.97. The average molecular weight is 445 g/mol. The van der Waals surface area contributed by atoms with Gasteiger partial charge in [0.1, 0.15) is 5.65 Å². The second-order valence-electron chi connectivity index (χ2n) is 9.97. The lowest BCUT2D eigenvalue weighted by atomic mass is 9.95. The molecule has 0 atom stereocenters. The molecule has 0 bridgehead atoms. The first kappa shape index (κ1) is 18.0. The molecule has 0 spiro atoms. The van der Waals surface area contributed by atoms with Gasteiger partial charge in [0.05, 0.1) is 16.6 Å². The largest absolute Gasteiger partial charge is 0.291 e. The monoisotopic (exact) mass is 444 g/mol. The van der Waals surface area contributed by atoms with E-state index in [-0.39, 0.29) is 0 Å². The van der Waals surface area contributed by atoms with Crippen LogP contribution in [0.1, 0.15) is 22.3 Å². The molecule has 2 heterocycles. The molecule has 2 heteroatoms. The molecule has 0 fully saturated rings. The smallest absolute Gasteiger partial charge is 0.146 e. The van der Waals surface area contributed by atoms with E-state index >= 15 is 0 Å². The molecule has 9 rings (SSSR count). The van der Waals surface area contributed by atoms with Crippen LogP contribution in [0.4, 0.5) is 0 Å². The van der Waals surface area contributed by atoms with E-state index in [1.807, 2.05) is 0 Å². The number of rotatable bonds is 0. The maximum atomic E-state index is 5.21. The number of imidazole rings is 1. The third kappa shape index (κ3) is 2.18. The molecule has 0 amide bonds. The summed E-state index contributed by atoms with van der Waals surface area (Å²) in [6, 6.07) is 35.8. The number of fused-ring (bicyclic) bond motifs is 15. The van der Waals surface area contributed by atoms with Gasteiger partial charge < -0.3 is 0 Å². The van der Waals surface area contributed by atoms with Crippen molar-refractivity contribution in [1.29, 1.82) is 0 Å². The Morgan fingerprint density at radius 1 is 0.543 bits per heavy atom.